The largest absolute Gasteiger partial charge is 0.496 e. The first-order valence-corrected chi connectivity index (χ1v) is 4.54. The standard InChI is InChI=1S/C11H17NO/c1-8-5-4-6-10(9(2)7-12)11(8)13-3/h4-6,9H,7,12H2,1-3H3. The van der Waals surface area contributed by atoms with Crippen LogP contribution in [0.15, 0.2) is 18.2 Å². The first-order valence-electron chi connectivity index (χ1n) is 4.54. The summed E-state index contributed by atoms with van der Waals surface area (Å²) in [4.78, 5) is 0. The minimum absolute atomic E-state index is 0.356. The van der Waals surface area contributed by atoms with Crippen LogP contribution in [0.5, 0.6) is 5.75 Å². The van der Waals surface area contributed by atoms with E-state index in [1.807, 2.05) is 19.1 Å². The van der Waals surface area contributed by atoms with E-state index in [2.05, 4.69) is 13.0 Å². The molecule has 0 amide bonds. The lowest BCUT2D eigenvalue weighted by Crippen LogP contribution is -2.10. The predicted molar refractivity (Wildman–Crippen MR) is 55.2 cm³/mol. The Hall–Kier alpha value is -1.02. The molecule has 1 aromatic carbocycles. The molecule has 1 rings (SSSR count). The van der Waals surface area contributed by atoms with Gasteiger partial charge in [0.25, 0.3) is 0 Å². The van der Waals surface area contributed by atoms with Crippen molar-refractivity contribution in [2.75, 3.05) is 13.7 Å². The third-order valence-electron chi connectivity index (χ3n) is 2.33. The number of aryl methyl sites for hydroxylation is 1. The van der Waals surface area contributed by atoms with E-state index in [-0.39, 0.29) is 0 Å². The maximum atomic E-state index is 5.62. The van der Waals surface area contributed by atoms with Gasteiger partial charge in [-0.15, -0.1) is 0 Å². The normalized spacial score (nSPS) is 12.6. The summed E-state index contributed by atoms with van der Waals surface area (Å²) in [5.41, 5.74) is 7.99. The highest BCUT2D eigenvalue weighted by Crippen LogP contribution is 2.28. The Morgan fingerprint density at radius 3 is 2.69 bits per heavy atom. The highest BCUT2D eigenvalue weighted by atomic mass is 16.5. The highest BCUT2D eigenvalue weighted by molar-refractivity contribution is 5.42. The summed E-state index contributed by atoms with van der Waals surface area (Å²) < 4.78 is 5.34. The fraction of sp³-hybridized carbons (Fsp3) is 0.455. The topological polar surface area (TPSA) is 35.2 Å². The zero-order valence-corrected chi connectivity index (χ0v) is 8.50. The molecule has 1 atom stereocenters. The van der Waals surface area contributed by atoms with Gasteiger partial charge in [-0.25, -0.2) is 0 Å². The van der Waals surface area contributed by atoms with Crippen LogP contribution in [-0.4, -0.2) is 13.7 Å². The molecule has 0 spiro atoms. The van der Waals surface area contributed by atoms with E-state index in [4.69, 9.17) is 10.5 Å². The van der Waals surface area contributed by atoms with E-state index in [0.717, 1.165) is 5.75 Å². The summed E-state index contributed by atoms with van der Waals surface area (Å²) in [6, 6.07) is 6.16. The van der Waals surface area contributed by atoms with Gasteiger partial charge >= 0.3 is 0 Å². The summed E-state index contributed by atoms with van der Waals surface area (Å²) in [6.45, 7) is 4.81. The molecule has 0 saturated heterocycles. The van der Waals surface area contributed by atoms with Crippen molar-refractivity contribution < 1.29 is 4.74 Å². The zero-order chi connectivity index (χ0) is 9.84. The Balaban J connectivity index is 3.12. The SMILES string of the molecule is COc1c(C)cccc1C(C)CN. The molecule has 0 radical (unpaired) electrons. The predicted octanol–water partition coefficient (Wildman–Crippen LogP) is 2.07. The first-order chi connectivity index (χ1) is 6.20. The number of methoxy groups -OCH3 is 1. The fourth-order valence-electron chi connectivity index (χ4n) is 1.47. The molecule has 0 aliphatic heterocycles. The quantitative estimate of drug-likeness (QED) is 0.771. The van der Waals surface area contributed by atoms with Crippen LogP contribution in [0.1, 0.15) is 24.0 Å². The van der Waals surface area contributed by atoms with Gasteiger partial charge in [0.05, 0.1) is 7.11 Å². The second-order valence-corrected chi connectivity index (χ2v) is 3.33. The average Bonchev–Trinajstić information content (AvgIpc) is 2.16. The maximum Gasteiger partial charge on any atom is 0.125 e. The molecule has 13 heavy (non-hydrogen) atoms. The molecular formula is C11H17NO. The van der Waals surface area contributed by atoms with Crippen molar-refractivity contribution in [3.8, 4) is 5.75 Å². The number of hydrogen-bond acceptors (Lipinski definition) is 2. The Morgan fingerprint density at radius 2 is 2.15 bits per heavy atom. The number of ether oxygens (including phenoxy) is 1. The van der Waals surface area contributed by atoms with Crippen molar-refractivity contribution in [2.45, 2.75) is 19.8 Å². The molecule has 2 N–H and O–H groups in total. The van der Waals surface area contributed by atoms with Gasteiger partial charge in [0.2, 0.25) is 0 Å². The summed E-state index contributed by atoms with van der Waals surface area (Å²) in [7, 11) is 1.70. The average molecular weight is 179 g/mol. The number of benzene rings is 1. The van der Waals surface area contributed by atoms with Crippen LogP contribution in [-0.2, 0) is 0 Å². The van der Waals surface area contributed by atoms with Gasteiger partial charge in [-0.05, 0) is 30.5 Å². The zero-order valence-electron chi connectivity index (χ0n) is 8.50. The van der Waals surface area contributed by atoms with E-state index in [1.165, 1.54) is 11.1 Å². The number of para-hydroxylation sites is 1. The van der Waals surface area contributed by atoms with Crippen molar-refractivity contribution >= 4 is 0 Å². The molecule has 0 aliphatic rings. The lowest BCUT2D eigenvalue weighted by Gasteiger charge is -2.15. The molecule has 2 nitrogen and oxygen atoms in total. The lowest BCUT2D eigenvalue weighted by atomic mass is 9.98. The Bertz CT molecular complexity index is 283. The van der Waals surface area contributed by atoms with E-state index in [0.29, 0.717) is 12.5 Å². The Morgan fingerprint density at radius 1 is 1.46 bits per heavy atom. The minimum atomic E-state index is 0.356. The van der Waals surface area contributed by atoms with Crippen LogP contribution < -0.4 is 10.5 Å². The Labute approximate surface area is 79.7 Å². The first kappa shape index (κ1) is 10.1. The maximum absolute atomic E-state index is 5.62. The van der Waals surface area contributed by atoms with Gasteiger partial charge in [-0.1, -0.05) is 25.1 Å². The van der Waals surface area contributed by atoms with Crippen molar-refractivity contribution in [3.05, 3.63) is 29.3 Å². The minimum Gasteiger partial charge on any atom is -0.496 e. The summed E-state index contributed by atoms with van der Waals surface area (Å²) >= 11 is 0. The van der Waals surface area contributed by atoms with Crippen LogP contribution in [0.2, 0.25) is 0 Å². The lowest BCUT2D eigenvalue weighted by molar-refractivity contribution is 0.403. The van der Waals surface area contributed by atoms with Gasteiger partial charge in [0.15, 0.2) is 0 Å². The molecule has 0 bridgehead atoms. The van der Waals surface area contributed by atoms with E-state index >= 15 is 0 Å². The number of rotatable bonds is 3. The monoisotopic (exact) mass is 179 g/mol. The summed E-state index contributed by atoms with van der Waals surface area (Å²) in [5, 5.41) is 0. The van der Waals surface area contributed by atoms with Crippen LogP contribution >= 0.6 is 0 Å². The molecule has 0 aliphatic carbocycles. The molecule has 0 aromatic heterocycles. The van der Waals surface area contributed by atoms with E-state index in [9.17, 15) is 0 Å². The molecule has 0 heterocycles. The molecule has 1 unspecified atom stereocenters. The van der Waals surface area contributed by atoms with Gasteiger partial charge in [-0.3, -0.25) is 0 Å². The second-order valence-electron chi connectivity index (χ2n) is 3.33. The number of nitrogens with two attached hydrogens (primary N) is 1. The molecular weight excluding hydrogens is 162 g/mol. The van der Waals surface area contributed by atoms with Crippen molar-refractivity contribution in [2.24, 2.45) is 5.73 Å². The van der Waals surface area contributed by atoms with Crippen LogP contribution in [0.25, 0.3) is 0 Å². The fourth-order valence-corrected chi connectivity index (χ4v) is 1.47. The van der Waals surface area contributed by atoms with Crippen LogP contribution in [0, 0.1) is 6.92 Å². The van der Waals surface area contributed by atoms with Crippen molar-refractivity contribution in [1.82, 2.24) is 0 Å². The smallest absolute Gasteiger partial charge is 0.125 e. The van der Waals surface area contributed by atoms with Gasteiger partial charge in [0, 0.05) is 0 Å². The molecule has 0 saturated carbocycles. The third kappa shape index (κ3) is 2.01. The van der Waals surface area contributed by atoms with Crippen LogP contribution in [0.4, 0.5) is 0 Å². The van der Waals surface area contributed by atoms with Crippen molar-refractivity contribution in [3.63, 3.8) is 0 Å². The van der Waals surface area contributed by atoms with Gasteiger partial charge in [0.1, 0.15) is 5.75 Å². The summed E-state index contributed by atoms with van der Waals surface area (Å²) in [6.07, 6.45) is 0. The van der Waals surface area contributed by atoms with Crippen molar-refractivity contribution in [1.29, 1.82) is 0 Å². The second kappa shape index (κ2) is 4.28. The molecule has 72 valence electrons. The summed E-state index contributed by atoms with van der Waals surface area (Å²) in [5.74, 6) is 1.33. The van der Waals surface area contributed by atoms with Gasteiger partial charge < -0.3 is 10.5 Å². The third-order valence-corrected chi connectivity index (χ3v) is 2.33. The molecule has 1 aromatic rings. The molecule has 2 heteroatoms. The van der Waals surface area contributed by atoms with Gasteiger partial charge in [-0.2, -0.15) is 0 Å². The van der Waals surface area contributed by atoms with E-state index < -0.39 is 0 Å². The molecule has 0 fully saturated rings. The van der Waals surface area contributed by atoms with Crippen LogP contribution in [0.3, 0.4) is 0 Å². The Kier molecular flexibility index (Phi) is 3.32. The number of hydrogen-bond donors (Lipinski definition) is 1. The highest BCUT2D eigenvalue weighted by Gasteiger charge is 2.10. The van der Waals surface area contributed by atoms with E-state index in [1.54, 1.807) is 7.11 Å².